The second-order valence-corrected chi connectivity index (χ2v) is 24.4. The number of cyclic esters (lactones) is 2. The topological polar surface area (TPSA) is 321 Å². The number of nitrogens with one attached hydrogen (secondary N) is 6. The lowest BCUT2D eigenvalue weighted by Crippen LogP contribution is -2.51. The van der Waals surface area contributed by atoms with Crippen LogP contribution in [0, 0.1) is 23.2 Å². The minimum absolute atomic E-state index is 0.0594. The molecule has 0 aliphatic carbocycles. The van der Waals surface area contributed by atoms with Crippen LogP contribution in [0.3, 0.4) is 0 Å². The van der Waals surface area contributed by atoms with Gasteiger partial charge in [-0.05, 0) is 104 Å². The van der Waals surface area contributed by atoms with Crippen LogP contribution >= 0.6 is 11.6 Å². The number of amides is 6. The summed E-state index contributed by atoms with van der Waals surface area (Å²) < 4.78 is 50.1. The molecule has 3 aromatic carbocycles. The summed E-state index contributed by atoms with van der Waals surface area (Å²) >= 11 is 6.39. The minimum Gasteiger partial charge on any atom is -0.495 e. The molecule has 3 aromatic rings. The SMILES string of the molecule is COCCOCCOCCOCCC(=O)NCCCC[C@H](NC(=O)[C@@H](N)C(C)C)C(=O)Nc1ccc(COC(=O)NCc2ccc([C@H]3O[C@@H]3[C@@H](C)[C@@H]3C/C=C/C(=O)NC(Cc4ccc(OC)c(Cl)c4)C(=O)NCC(C)(C)C(=O)O[C@@H](CC(C)C)C(=O)O3)cc2)cc1. The van der Waals surface area contributed by atoms with Crippen molar-refractivity contribution in [2.24, 2.45) is 28.9 Å². The van der Waals surface area contributed by atoms with Gasteiger partial charge in [0.1, 0.15) is 36.6 Å². The summed E-state index contributed by atoms with van der Waals surface area (Å²) in [6, 6.07) is 16.5. The average molecular weight is 1290 g/mol. The van der Waals surface area contributed by atoms with Crippen molar-refractivity contribution in [3.63, 3.8) is 0 Å². The van der Waals surface area contributed by atoms with Gasteiger partial charge in [-0.2, -0.15) is 0 Å². The van der Waals surface area contributed by atoms with Gasteiger partial charge in [0.15, 0.2) is 6.10 Å². The lowest BCUT2D eigenvalue weighted by Gasteiger charge is -2.29. The van der Waals surface area contributed by atoms with Crippen LogP contribution in [0.15, 0.2) is 78.9 Å². The Morgan fingerprint density at radius 1 is 0.791 bits per heavy atom. The molecule has 0 aromatic heterocycles. The Bertz CT molecular complexity index is 2860. The van der Waals surface area contributed by atoms with Crippen molar-refractivity contribution in [2.75, 3.05) is 78.9 Å². The molecule has 502 valence electrons. The van der Waals surface area contributed by atoms with E-state index in [1.807, 2.05) is 58.9 Å². The molecule has 2 aliphatic heterocycles. The maximum absolute atomic E-state index is 14.0. The van der Waals surface area contributed by atoms with Crippen molar-refractivity contribution in [1.82, 2.24) is 26.6 Å². The summed E-state index contributed by atoms with van der Waals surface area (Å²) in [5.74, 6) is -3.81. The summed E-state index contributed by atoms with van der Waals surface area (Å²) in [5, 5.41) is 17.1. The number of hydrogen-bond donors (Lipinski definition) is 7. The Kier molecular flexibility index (Phi) is 31.6. The molecule has 8 N–H and O–H groups in total. The number of esters is 2. The number of benzene rings is 3. The van der Waals surface area contributed by atoms with Gasteiger partial charge in [-0.25, -0.2) is 9.59 Å². The van der Waals surface area contributed by atoms with Crippen molar-refractivity contribution >= 4 is 64.9 Å². The summed E-state index contributed by atoms with van der Waals surface area (Å²) in [6.45, 7) is 15.7. The summed E-state index contributed by atoms with van der Waals surface area (Å²) in [4.78, 5) is 107. The fourth-order valence-electron chi connectivity index (χ4n) is 9.41. The van der Waals surface area contributed by atoms with E-state index in [-0.39, 0.29) is 75.8 Å². The zero-order valence-electron chi connectivity index (χ0n) is 53.9. The van der Waals surface area contributed by atoms with E-state index in [4.69, 9.17) is 60.0 Å². The molecule has 5 rings (SSSR count). The first-order chi connectivity index (χ1) is 43.5. The quantitative estimate of drug-likeness (QED) is 0.0149. The number of halogens is 1. The predicted molar refractivity (Wildman–Crippen MR) is 339 cm³/mol. The van der Waals surface area contributed by atoms with Crippen molar-refractivity contribution < 1.29 is 81.0 Å². The first-order valence-electron chi connectivity index (χ1n) is 31.1. The van der Waals surface area contributed by atoms with Crippen molar-refractivity contribution in [2.45, 2.75) is 149 Å². The average Bonchev–Trinajstić information content (AvgIpc) is 1.68. The molecule has 2 heterocycles. The van der Waals surface area contributed by atoms with Crippen LogP contribution in [0.4, 0.5) is 10.5 Å². The van der Waals surface area contributed by atoms with Crippen molar-refractivity contribution in [1.29, 1.82) is 0 Å². The highest BCUT2D eigenvalue weighted by molar-refractivity contribution is 6.32. The number of rotatable bonds is 34. The Labute approximate surface area is 539 Å². The number of nitrogens with two attached hydrogens (primary N) is 1. The molecule has 0 spiro atoms. The number of methoxy groups -OCH3 is 2. The van der Waals surface area contributed by atoms with Crippen LogP contribution in [0.2, 0.25) is 5.02 Å². The number of unbranched alkanes of at least 4 members (excludes halogenated alkanes) is 1. The van der Waals surface area contributed by atoms with E-state index in [0.717, 1.165) is 11.1 Å². The van der Waals surface area contributed by atoms with Crippen molar-refractivity contribution in [3.05, 3.63) is 106 Å². The van der Waals surface area contributed by atoms with E-state index in [2.05, 4.69) is 31.9 Å². The van der Waals surface area contributed by atoms with E-state index in [0.29, 0.717) is 93.0 Å². The Morgan fingerprint density at radius 3 is 2.10 bits per heavy atom. The van der Waals surface area contributed by atoms with Crippen LogP contribution in [0.1, 0.15) is 115 Å². The first kappa shape index (κ1) is 74.5. The van der Waals surface area contributed by atoms with Gasteiger partial charge in [0.05, 0.1) is 75.9 Å². The summed E-state index contributed by atoms with van der Waals surface area (Å²) in [5.41, 5.74) is 8.22. The summed E-state index contributed by atoms with van der Waals surface area (Å²) in [7, 11) is 3.10. The van der Waals surface area contributed by atoms with Crippen LogP contribution in [-0.4, -0.2) is 158 Å². The van der Waals surface area contributed by atoms with Gasteiger partial charge in [0.25, 0.3) is 0 Å². The summed E-state index contributed by atoms with van der Waals surface area (Å²) in [6.07, 6.45) is 1.26. The fraction of sp³-hybridized carbons (Fsp3) is 0.576. The molecule has 91 heavy (non-hydrogen) atoms. The van der Waals surface area contributed by atoms with Crippen molar-refractivity contribution in [3.8, 4) is 5.75 Å². The molecule has 24 nitrogen and oxygen atoms in total. The first-order valence-corrected chi connectivity index (χ1v) is 31.4. The van der Waals surface area contributed by atoms with Crippen LogP contribution in [-0.2, 0) is 91.0 Å². The Hall–Kier alpha value is -7.19. The van der Waals surface area contributed by atoms with E-state index >= 15 is 0 Å². The maximum atomic E-state index is 14.0. The number of carbonyl (C=O) groups is 8. The molecule has 0 bridgehead atoms. The van der Waals surface area contributed by atoms with Gasteiger partial charge < -0.3 is 80.3 Å². The number of epoxide rings is 1. The van der Waals surface area contributed by atoms with Crippen LogP contribution in [0.5, 0.6) is 5.75 Å². The van der Waals surface area contributed by atoms with Gasteiger partial charge in [-0.1, -0.05) is 94.8 Å². The zero-order valence-corrected chi connectivity index (χ0v) is 54.7. The van der Waals surface area contributed by atoms with Gasteiger partial charge in [-0.15, -0.1) is 0 Å². The molecular weight excluding hydrogens is 1200 g/mol. The number of anilines is 1. The number of hydrogen-bond acceptors (Lipinski definition) is 18. The van der Waals surface area contributed by atoms with Crippen LogP contribution < -0.4 is 42.4 Å². The third-order valence-electron chi connectivity index (χ3n) is 15.2. The maximum Gasteiger partial charge on any atom is 0.407 e. The fourth-order valence-corrected chi connectivity index (χ4v) is 9.69. The van der Waals surface area contributed by atoms with Gasteiger partial charge in [0, 0.05) is 57.6 Å². The van der Waals surface area contributed by atoms with Gasteiger partial charge >= 0.3 is 18.0 Å². The molecule has 6 amide bonds. The molecule has 1 fully saturated rings. The second-order valence-electron chi connectivity index (χ2n) is 24.0. The Morgan fingerprint density at radius 2 is 1.45 bits per heavy atom. The number of carbonyl (C=O) groups excluding carboxylic acids is 8. The zero-order chi connectivity index (χ0) is 66.5. The smallest absolute Gasteiger partial charge is 0.407 e. The third kappa shape index (κ3) is 26.5. The highest BCUT2D eigenvalue weighted by Crippen LogP contribution is 2.45. The second kappa shape index (κ2) is 38.6. The van der Waals surface area contributed by atoms with Gasteiger partial charge in [-0.3, -0.25) is 28.8 Å². The van der Waals surface area contributed by atoms with E-state index in [1.165, 1.54) is 13.2 Å². The number of alkyl carbamates (subject to hydrolysis) is 1. The van der Waals surface area contributed by atoms with Gasteiger partial charge in [0.2, 0.25) is 29.5 Å². The lowest BCUT2D eigenvalue weighted by atomic mass is 9.92. The largest absolute Gasteiger partial charge is 0.495 e. The minimum atomic E-state index is -1.28. The highest BCUT2D eigenvalue weighted by Gasteiger charge is 2.48. The highest BCUT2D eigenvalue weighted by atomic mass is 35.5. The molecule has 25 heteroatoms. The molecule has 0 radical (unpaired) electrons. The van der Waals surface area contributed by atoms with E-state index < -0.39 is 89.4 Å². The van der Waals surface area contributed by atoms with Crippen LogP contribution in [0.25, 0.3) is 0 Å². The predicted octanol–water partition coefficient (Wildman–Crippen LogP) is 6.33. The molecule has 8 atom stereocenters. The molecule has 2 aliphatic rings. The lowest BCUT2D eigenvalue weighted by molar-refractivity contribution is -0.179. The molecular formula is C66H94ClN7O17. The molecule has 1 saturated heterocycles. The van der Waals surface area contributed by atoms with E-state index in [1.54, 1.807) is 69.5 Å². The molecule has 0 saturated carbocycles. The standard InChI is InChI=1S/C66H94ClN7O17/c1-41(2)35-54-63(80)89-52(14-12-15-56(76)73-51(37-46-20-25-53(84-9)49(67)36-46)60(77)71-40-66(6,7)64(81)90-54)43(5)58-59(91-58)47-21-16-44(17-22-47)38-70-65(82)88-39-45-18-23-48(24-19-45)72-61(78)50(74-62(79)57(68)42(3)4)13-10-11-27-69-55(75)26-28-85-31-32-87-34-33-86-30-29-83-8/h12,15-25,36,41-43,50-52,54,57-59H,10-11,13-14,26-35,37-40,68H2,1-9H3,(H,69,75)(H,70,82)(H,71,77)(H,72,78)(H,73,76)(H,74,79)/b15-12+/t43-,50-,51?,52-,54-,57-,58+,59+/m0/s1. The third-order valence-corrected chi connectivity index (χ3v) is 15.5. The van der Waals surface area contributed by atoms with E-state index in [9.17, 15) is 38.4 Å². The number of ether oxygens (including phenoxy) is 9. The molecule has 1 unspecified atom stereocenters. The Balaban J connectivity index is 1.09. The normalized spacial score (nSPS) is 20.0. The monoisotopic (exact) mass is 1290 g/mol.